The van der Waals surface area contributed by atoms with E-state index in [9.17, 15) is 0 Å². The summed E-state index contributed by atoms with van der Waals surface area (Å²) in [6.45, 7) is 8.75. The van der Waals surface area contributed by atoms with Gasteiger partial charge in [-0.1, -0.05) is 31.5 Å². The molecule has 1 aromatic carbocycles. The summed E-state index contributed by atoms with van der Waals surface area (Å²) in [5.41, 5.74) is 2.58. The summed E-state index contributed by atoms with van der Waals surface area (Å²) in [5, 5.41) is 4.36. The highest BCUT2D eigenvalue weighted by Gasteiger charge is 2.19. The Hall–Kier alpha value is -0.730. The normalized spacial score (nSPS) is 19.7. The molecule has 1 unspecified atom stereocenters. The van der Waals surface area contributed by atoms with Crippen molar-refractivity contribution in [2.45, 2.75) is 39.7 Å². The van der Waals surface area contributed by atoms with Crippen molar-refractivity contribution in [3.05, 3.63) is 28.8 Å². The molecule has 1 heterocycles. The van der Waals surface area contributed by atoms with Crippen LogP contribution in [0, 0.1) is 5.92 Å². The molecule has 2 nitrogen and oxygen atoms in total. The summed E-state index contributed by atoms with van der Waals surface area (Å²) in [6.07, 6.45) is 3.79. The fourth-order valence-corrected chi connectivity index (χ4v) is 3.05. The fourth-order valence-electron chi connectivity index (χ4n) is 2.82. The largest absolute Gasteiger partial charge is 0.371 e. The van der Waals surface area contributed by atoms with Gasteiger partial charge in [-0.2, -0.15) is 0 Å². The summed E-state index contributed by atoms with van der Waals surface area (Å²) >= 11 is 6.40. The molecule has 1 aliphatic rings. The lowest BCUT2D eigenvalue weighted by Gasteiger charge is -2.34. The van der Waals surface area contributed by atoms with E-state index in [1.165, 1.54) is 24.1 Å². The average Bonchev–Trinajstić information content (AvgIpc) is 2.41. The summed E-state index contributed by atoms with van der Waals surface area (Å²) < 4.78 is 0. The minimum atomic E-state index is 0.782. The second kappa shape index (κ2) is 7.16. The SMILES string of the molecule is CCCNCc1c(Cl)cccc1N1CCCC(C)C1. The zero-order chi connectivity index (χ0) is 13.7. The first-order valence-corrected chi connectivity index (χ1v) is 7.83. The Morgan fingerprint density at radius 3 is 3.00 bits per heavy atom. The van der Waals surface area contributed by atoms with Crippen LogP contribution < -0.4 is 10.2 Å². The van der Waals surface area contributed by atoms with Crippen LogP contribution in [0.3, 0.4) is 0 Å². The third kappa shape index (κ3) is 3.87. The van der Waals surface area contributed by atoms with E-state index >= 15 is 0 Å². The summed E-state index contributed by atoms with van der Waals surface area (Å²) in [5.74, 6) is 0.782. The van der Waals surface area contributed by atoms with Gasteiger partial charge in [0.05, 0.1) is 0 Å². The molecule has 2 rings (SSSR count). The number of halogens is 1. The van der Waals surface area contributed by atoms with Gasteiger partial charge in [-0.3, -0.25) is 0 Å². The molecule has 1 saturated heterocycles. The number of nitrogens with one attached hydrogen (secondary N) is 1. The van der Waals surface area contributed by atoms with Gasteiger partial charge < -0.3 is 10.2 Å². The number of hydrogen-bond acceptors (Lipinski definition) is 2. The zero-order valence-corrected chi connectivity index (χ0v) is 12.8. The Morgan fingerprint density at radius 2 is 2.26 bits per heavy atom. The van der Waals surface area contributed by atoms with E-state index in [4.69, 9.17) is 11.6 Å². The van der Waals surface area contributed by atoms with E-state index < -0.39 is 0 Å². The molecule has 1 aliphatic heterocycles. The minimum absolute atomic E-state index is 0.782. The lowest BCUT2D eigenvalue weighted by molar-refractivity contribution is 0.446. The van der Waals surface area contributed by atoms with Crippen LogP contribution in [-0.2, 0) is 6.54 Å². The number of nitrogens with zero attached hydrogens (tertiary/aromatic N) is 1. The molecule has 0 aliphatic carbocycles. The summed E-state index contributed by atoms with van der Waals surface area (Å²) in [6, 6.07) is 6.29. The van der Waals surface area contributed by atoms with E-state index in [2.05, 4.69) is 36.2 Å². The van der Waals surface area contributed by atoms with Gasteiger partial charge in [-0.25, -0.2) is 0 Å². The number of anilines is 1. The standard InChI is InChI=1S/C16H25ClN2/c1-3-9-18-11-14-15(17)7-4-8-16(14)19-10-5-6-13(2)12-19/h4,7-8,13,18H,3,5-6,9-12H2,1-2H3. The van der Waals surface area contributed by atoms with E-state index in [1.807, 2.05) is 6.07 Å². The topological polar surface area (TPSA) is 15.3 Å². The van der Waals surface area contributed by atoms with Crippen molar-refractivity contribution in [1.29, 1.82) is 0 Å². The molecule has 0 spiro atoms. The molecule has 0 amide bonds. The Balaban J connectivity index is 2.16. The van der Waals surface area contributed by atoms with Crippen molar-refractivity contribution < 1.29 is 0 Å². The first kappa shape index (κ1) is 14.7. The maximum Gasteiger partial charge on any atom is 0.0471 e. The maximum absolute atomic E-state index is 6.40. The molecular weight excluding hydrogens is 256 g/mol. The van der Waals surface area contributed by atoms with E-state index in [0.717, 1.165) is 43.5 Å². The van der Waals surface area contributed by atoms with E-state index in [1.54, 1.807) is 0 Å². The molecule has 0 aromatic heterocycles. The van der Waals surface area contributed by atoms with Gasteiger partial charge in [-0.15, -0.1) is 0 Å². The number of piperidine rings is 1. The van der Waals surface area contributed by atoms with Crippen LogP contribution in [0.2, 0.25) is 5.02 Å². The molecule has 3 heteroatoms. The van der Waals surface area contributed by atoms with Crippen molar-refractivity contribution in [2.24, 2.45) is 5.92 Å². The summed E-state index contributed by atoms with van der Waals surface area (Å²) in [7, 11) is 0. The first-order valence-electron chi connectivity index (χ1n) is 7.45. The zero-order valence-electron chi connectivity index (χ0n) is 12.1. The fraction of sp³-hybridized carbons (Fsp3) is 0.625. The third-order valence-corrected chi connectivity index (χ3v) is 4.17. The van der Waals surface area contributed by atoms with Crippen LogP contribution in [0.15, 0.2) is 18.2 Å². The molecule has 1 aromatic rings. The van der Waals surface area contributed by atoms with E-state index in [0.29, 0.717) is 0 Å². The monoisotopic (exact) mass is 280 g/mol. The molecule has 0 saturated carbocycles. The number of benzene rings is 1. The van der Waals surface area contributed by atoms with Gasteiger partial charge in [0.25, 0.3) is 0 Å². The van der Waals surface area contributed by atoms with Crippen LogP contribution in [0.1, 0.15) is 38.7 Å². The Kier molecular flexibility index (Phi) is 5.53. The molecule has 19 heavy (non-hydrogen) atoms. The highest BCUT2D eigenvalue weighted by atomic mass is 35.5. The Bertz CT molecular complexity index is 406. The van der Waals surface area contributed by atoms with Crippen LogP contribution in [0.5, 0.6) is 0 Å². The molecule has 0 radical (unpaired) electrons. The van der Waals surface area contributed by atoms with Crippen LogP contribution in [0.25, 0.3) is 0 Å². The van der Waals surface area contributed by atoms with Crippen LogP contribution >= 0.6 is 11.6 Å². The predicted octanol–water partition coefficient (Wildman–Crippen LogP) is 4.08. The maximum atomic E-state index is 6.40. The minimum Gasteiger partial charge on any atom is -0.371 e. The van der Waals surface area contributed by atoms with Crippen LogP contribution in [-0.4, -0.2) is 19.6 Å². The summed E-state index contributed by atoms with van der Waals surface area (Å²) in [4.78, 5) is 2.50. The van der Waals surface area contributed by atoms with Gasteiger partial charge in [0.2, 0.25) is 0 Å². The smallest absolute Gasteiger partial charge is 0.0471 e. The van der Waals surface area contributed by atoms with Crippen molar-refractivity contribution in [3.8, 4) is 0 Å². The quantitative estimate of drug-likeness (QED) is 0.818. The molecule has 1 N–H and O–H groups in total. The highest BCUT2D eigenvalue weighted by molar-refractivity contribution is 6.31. The average molecular weight is 281 g/mol. The van der Waals surface area contributed by atoms with Gasteiger partial charge >= 0.3 is 0 Å². The molecular formula is C16H25ClN2. The highest BCUT2D eigenvalue weighted by Crippen LogP contribution is 2.30. The van der Waals surface area contributed by atoms with E-state index in [-0.39, 0.29) is 0 Å². The Labute approximate surface area is 122 Å². The van der Waals surface area contributed by atoms with Crippen molar-refractivity contribution in [2.75, 3.05) is 24.5 Å². The number of rotatable bonds is 5. The van der Waals surface area contributed by atoms with Gasteiger partial charge in [0, 0.05) is 35.9 Å². The van der Waals surface area contributed by atoms with Crippen molar-refractivity contribution in [3.63, 3.8) is 0 Å². The van der Waals surface area contributed by atoms with Crippen molar-refractivity contribution >= 4 is 17.3 Å². The lowest BCUT2D eigenvalue weighted by atomic mass is 9.99. The van der Waals surface area contributed by atoms with Gasteiger partial charge in [0.1, 0.15) is 0 Å². The third-order valence-electron chi connectivity index (χ3n) is 3.82. The second-order valence-corrected chi connectivity index (χ2v) is 6.01. The number of hydrogen-bond donors (Lipinski definition) is 1. The molecule has 1 atom stereocenters. The van der Waals surface area contributed by atoms with Gasteiger partial charge in [-0.05, 0) is 43.9 Å². The van der Waals surface area contributed by atoms with Crippen molar-refractivity contribution in [1.82, 2.24) is 5.32 Å². The molecule has 106 valence electrons. The first-order chi connectivity index (χ1) is 9.22. The predicted molar refractivity (Wildman–Crippen MR) is 84.1 cm³/mol. The molecule has 0 bridgehead atoms. The second-order valence-electron chi connectivity index (χ2n) is 5.61. The van der Waals surface area contributed by atoms with Gasteiger partial charge in [0.15, 0.2) is 0 Å². The lowest BCUT2D eigenvalue weighted by Crippen LogP contribution is -2.35. The molecule has 1 fully saturated rings. The van der Waals surface area contributed by atoms with Crippen LogP contribution in [0.4, 0.5) is 5.69 Å². The Morgan fingerprint density at radius 1 is 1.42 bits per heavy atom.